The Bertz CT molecular complexity index is 232. The van der Waals surface area contributed by atoms with E-state index in [0.717, 1.165) is 32.0 Å². The van der Waals surface area contributed by atoms with Gasteiger partial charge in [-0.3, -0.25) is 4.99 Å². The third-order valence-electron chi connectivity index (χ3n) is 3.53. The van der Waals surface area contributed by atoms with Gasteiger partial charge in [0.2, 0.25) is 0 Å². The Labute approximate surface area is 97.6 Å². The van der Waals surface area contributed by atoms with E-state index in [9.17, 15) is 0 Å². The van der Waals surface area contributed by atoms with Gasteiger partial charge in [-0.1, -0.05) is 6.42 Å². The minimum absolute atomic E-state index is 0.325. The fourth-order valence-corrected chi connectivity index (χ4v) is 2.15. The molecule has 16 heavy (non-hydrogen) atoms. The zero-order chi connectivity index (χ0) is 11.2. The average Bonchev–Trinajstić information content (AvgIpc) is 2.26. The minimum Gasteiger partial charge on any atom is -0.376 e. The number of nitrogens with two attached hydrogens (primary N) is 1. The van der Waals surface area contributed by atoms with Crippen molar-refractivity contribution in [2.45, 2.75) is 44.6 Å². The van der Waals surface area contributed by atoms with E-state index in [4.69, 9.17) is 10.5 Å². The van der Waals surface area contributed by atoms with Crippen LogP contribution in [0.15, 0.2) is 4.99 Å². The number of aliphatic imine (C=N–C) groups is 1. The molecule has 1 saturated carbocycles. The first kappa shape index (κ1) is 11.7. The summed E-state index contributed by atoms with van der Waals surface area (Å²) in [7, 11) is 0. The summed E-state index contributed by atoms with van der Waals surface area (Å²) in [5.74, 6) is 1.37. The zero-order valence-corrected chi connectivity index (χ0v) is 9.95. The summed E-state index contributed by atoms with van der Waals surface area (Å²) >= 11 is 0. The van der Waals surface area contributed by atoms with E-state index in [1.807, 2.05) is 0 Å². The molecule has 3 N–H and O–H groups in total. The van der Waals surface area contributed by atoms with Gasteiger partial charge in [0.15, 0.2) is 5.96 Å². The van der Waals surface area contributed by atoms with E-state index >= 15 is 0 Å². The Morgan fingerprint density at radius 1 is 1.25 bits per heavy atom. The van der Waals surface area contributed by atoms with Gasteiger partial charge in [0.05, 0.1) is 6.10 Å². The number of hydrogen-bond acceptors (Lipinski definition) is 2. The molecular formula is C12H23N3O. The van der Waals surface area contributed by atoms with Gasteiger partial charge in [-0.15, -0.1) is 0 Å². The molecule has 1 aliphatic heterocycles. The Hall–Kier alpha value is -0.770. The molecular weight excluding hydrogens is 202 g/mol. The minimum atomic E-state index is 0.325. The zero-order valence-electron chi connectivity index (χ0n) is 9.95. The van der Waals surface area contributed by atoms with Crippen molar-refractivity contribution < 1.29 is 4.74 Å². The van der Waals surface area contributed by atoms with Crippen LogP contribution in [0.2, 0.25) is 0 Å². The van der Waals surface area contributed by atoms with E-state index in [1.165, 1.54) is 32.1 Å². The molecule has 1 aliphatic carbocycles. The third-order valence-corrected chi connectivity index (χ3v) is 3.53. The Kier molecular flexibility index (Phi) is 4.45. The monoisotopic (exact) mass is 225 g/mol. The molecule has 4 nitrogen and oxygen atoms in total. The Morgan fingerprint density at radius 3 is 2.75 bits per heavy atom. The van der Waals surface area contributed by atoms with Crippen LogP contribution in [-0.2, 0) is 4.74 Å². The van der Waals surface area contributed by atoms with Crippen molar-refractivity contribution in [1.29, 1.82) is 0 Å². The second-order valence-electron chi connectivity index (χ2n) is 4.89. The normalized spacial score (nSPS) is 27.5. The van der Waals surface area contributed by atoms with Crippen molar-refractivity contribution in [1.82, 2.24) is 5.32 Å². The molecule has 0 radical (unpaired) electrons. The molecule has 0 amide bonds. The maximum Gasteiger partial charge on any atom is 0.188 e. The van der Waals surface area contributed by atoms with Crippen LogP contribution < -0.4 is 11.1 Å². The van der Waals surface area contributed by atoms with Crippen molar-refractivity contribution in [2.75, 3.05) is 19.7 Å². The summed E-state index contributed by atoms with van der Waals surface area (Å²) in [6.45, 7) is 2.59. The Balaban J connectivity index is 1.59. The second-order valence-corrected chi connectivity index (χ2v) is 4.89. The van der Waals surface area contributed by atoms with Gasteiger partial charge in [-0.05, 0) is 38.0 Å². The van der Waals surface area contributed by atoms with Gasteiger partial charge in [0.25, 0.3) is 0 Å². The predicted molar refractivity (Wildman–Crippen MR) is 65.4 cm³/mol. The van der Waals surface area contributed by atoms with Crippen LogP contribution in [0.5, 0.6) is 0 Å². The highest BCUT2D eigenvalue weighted by Gasteiger charge is 2.17. The molecule has 1 saturated heterocycles. The number of ether oxygens (including phenoxy) is 1. The lowest BCUT2D eigenvalue weighted by Gasteiger charge is -2.24. The van der Waals surface area contributed by atoms with Crippen LogP contribution in [-0.4, -0.2) is 31.8 Å². The molecule has 1 heterocycles. The molecule has 0 aromatic heterocycles. The van der Waals surface area contributed by atoms with Gasteiger partial charge in [0, 0.05) is 19.7 Å². The van der Waals surface area contributed by atoms with Gasteiger partial charge < -0.3 is 15.8 Å². The average molecular weight is 225 g/mol. The number of nitrogens with zero attached hydrogens (tertiary/aromatic N) is 1. The van der Waals surface area contributed by atoms with Gasteiger partial charge in [-0.25, -0.2) is 0 Å². The molecule has 1 unspecified atom stereocenters. The summed E-state index contributed by atoms with van der Waals surface area (Å²) in [6, 6.07) is 0. The van der Waals surface area contributed by atoms with Crippen LogP contribution in [0.4, 0.5) is 0 Å². The first-order valence-corrected chi connectivity index (χ1v) is 6.50. The summed E-state index contributed by atoms with van der Waals surface area (Å²) in [5, 5.41) is 3.16. The number of rotatable bonds is 4. The maximum absolute atomic E-state index is 5.80. The van der Waals surface area contributed by atoms with Gasteiger partial charge >= 0.3 is 0 Å². The molecule has 2 rings (SSSR count). The second kappa shape index (κ2) is 6.09. The van der Waals surface area contributed by atoms with E-state index in [1.54, 1.807) is 0 Å². The smallest absolute Gasteiger partial charge is 0.188 e. The number of hydrogen-bond donors (Lipinski definition) is 2. The van der Waals surface area contributed by atoms with Crippen LogP contribution in [0, 0.1) is 5.92 Å². The van der Waals surface area contributed by atoms with Gasteiger partial charge in [-0.2, -0.15) is 0 Å². The lowest BCUT2D eigenvalue weighted by Crippen LogP contribution is -2.39. The van der Waals surface area contributed by atoms with E-state index in [0.29, 0.717) is 12.1 Å². The molecule has 4 heteroatoms. The maximum atomic E-state index is 5.80. The van der Waals surface area contributed by atoms with E-state index in [-0.39, 0.29) is 0 Å². The van der Waals surface area contributed by atoms with Crippen LogP contribution in [0.1, 0.15) is 38.5 Å². The van der Waals surface area contributed by atoms with Crippen LogP contribution >= 0.6 is 0 Å². The summed E-state index contributed by atoms with van der Waals surface area (Å²) in [5.41, 5.74) is 5.80. The lowest BCUT2D eigenvalue weighted by molar-refractivity contribution is 0.0195. The van der Waals surface area contributed by atoms with Crippen LogP contribution in [0.25, 0.3) is 0 Å². The molecule has 0 spiro atoms. The Morgan fingerprint density at radius 2 is 2.12 bits per heavy atom. The topological polar surface area (TPSA) is 59.6 Å². The molecule has 0 aromatic rings. The fourth-order valence-electron chi connectivity index (χ4n) is 2.15. The predicted octanol–water partition coefficient (Wildman–Crippen LogP) is 1.26. The summed E-state index contributed by atoms with van der Waals surface area (Å²) < 4.78 is 5.61. The fraction of sp³-hybridized carbons (Fsp3) is 0.917. The first-order chi connectivity index (χ1) is 7.84. The molecule has 1 atom stereocenters. The van der Waals surface area contributed by atoms with E-state index < -0.39 is 0 Å². The number of guanidine groups is 1. The molecule has 92 valence electrons. The lowest BCUT2D eigenvalue weighted by atomic mass is 9.86. The highest BCUT2D eigenvalue weighted by Crippen LogP contribution is 2.26. The third kappa shape index (κ3) is 3.67. The standard InChI is InChI=1S/C12H23N3O/c13-12(14-8-10-4-3-5-10)15-9-11-6-1-2-7-16-11/h10-11H,1-9H2,(H3,13,14,15). The highest BCUT2D eigenvalue weighted by molar-refractivity contribution is 5.77. The van der Waals surface area contributed by atoms with Crippen LogP contribution in [0.3, 0.4) is 0 Å². The summed E-state index contributed by atoms with van der Waals surface area (Å²) in [4.78, 5) is 4.36. The largest absolute Gasteiger partial charge is 0.376 e. The summed E-state index contributed by atoms with van der Waals surface area (Å²) in [6.07, 6.45) is 7.94. The van der Waals surface area contributed by atoms with E-state index in [2.05, 4.69) is 10.3 Å². The van der Waals surface area contributed by atoms with Crippen molar-refractivity contribution >= 4 is 5.96 Å². The number of nitrogens with one attached hydrogen (secondary N) is 1. The molecule has 0 bridgehead atoms. The van der Waals surface area contributed by atoms with Crippen molar-refractivity contribution in [3.63, 3.8) is 0 Å². The highest BCUT2D eigenvalue weighted by atomic mass is 16.5. The molecule has 2 fully saturated rings. The molecule has 0 aromatic carbocycles. The quantitative estimate of drug-likeness (QED) is 0.559. The van der Waals surface area contributed by atoms with Gasteiger partial charge in [0.1, 0.15) is 0 Å². The SMILES string of the molecule is NC(=NCC1CCC1)NCC1CCCCO1. The first-order valence-electron chi connectivity index (χ1n) is 6.50. The van der Waals surface area contributed by atoms with Crippen molar-refractivity contribution in [3.8, 4) is 0 Å². The molecule has 2 aliphatic rings. The van der Waals surface area contributed by atoms with Crippen molar-refractivity contribution in [2.24, 2.45) is 16.6 Å². The van der Waals surface area contributed by atoms with Crippen molar-refractivity contribution in [3.05, 3.63) is 0 Å².